The predicted octanol–water partition coefficient (Wildman–Crippen LogP) is 3.54. The Hall–Kier alpha value is -2.09. The Bertz CT molecular complexity index is 725. The van der Waals surface area contributed by atoms with Crippen molar-refractivity contribution in [2.24, 2.45) is 7.05 Å². The first kappa shape index (κ1) is 11.0. The molecule has 0 fully saturated rings. The van der Waals surface area contributed by atoms with Crippen LogP contribution in [0.4, 0.5) is 0 Å². The summed E-state index contributed by atoms with van der Waals surface area (Å²) >= 11 is 0. The van der Waals surface area contributed by atoms with E-state index in [0.29, 0.717) is 0 Å². The minimum Gasteiger partial charge on any atom is -0.457 e. The maximum atomic E-state index is 5.70. The Labute approximate surface area is 106 Å². The molecule has 2 nitrogen and oxygen atoms in total. The maximum absolute atomic E-state index is 5.70. The van der Waals surface area contributed by atoms with Crippen LogP contribution < -0.4 is 4.57 Å². The van der Waals surface area contributed by atoms with Gasteiger partial charge in [-0.2, -0.15) is 4.57 Å². The van der Waals surface area contributed by atoms with Gasteiger partial charge in [0.05, 0.1) is 11.8 Å². The van der Waals surface area contributed by atoms with E-state index in [1.54, 1.807) is 6.26 Å². The van der Waals surface area contributed by atoms with E-state index < -0.39 is 0 Å². The molecule has 3 rings (SSSR count). The Kier molecular flexibility index (Phi) is 2.44. The van der Waals surface area contributed by atoms with Crippen LogP contribution in [0.2, 0.25) is 0 Å². The summed E-state index contributed by atoms with van der Waals surface area (Å²) in [5.74, 6) is 0. The molecule has 0 unspecified atom stereocenters. The summed E-state index contributed by atoms with van der Waals surface area (Å²) in [6, 6.07) is 10.4. The molecule has 0 bridgehead atoms. The minimum atomic E-state index is 0.965. The van der Waals surface area contributed by atoms with Crippen molar-refractivity contribution in [1.82, 2.24) is 0 Å². The largest absolute Gasteiger partial charge is 0.457 e. The van der Waals surface area contributed by atoms with Crippen molar-refractivity contribution >= 4 is 11.0 Å². The summed E-state index contributed by atoms with van der Waals surface area (Å²) in [6.07, 6.45) is 3.92. The zero-order chi connectivity index (χ0) is 12.7. The second kappa shape index (κ2) is 3.98. The van der Waals surface area contributed by atoms with E-state index in [0.717, 1.165) is 11.3 Å². The van der Waals surface area contributed by atoms with Crippen molar-refractivity contribution in [3.05, 3.63) is 53.9 Å². The highest BCUT2D eigenvalue weighted by atomic mass is 16.3. The van der Waals surface area contributed by atoms with Gasteiger partial charge in [-0.1, -0.05) is 18.2 Å². The standard InChI is InChI=1S/C16H16NO/c1-11-6-4-5-7-13(11)15-16-14(8-9-18-16)12(2)10-17(15)3/h4-10H,1-3H3/q+1. The highest BCUT2D eigenvalue weighted by Crippen LogP contribution is 2.29. The monoisotopic (exact) mass is 238 g/mol. The van der Waals surface area contributed by atoms with Crippen molar-refractivity contribution in [3.8, 4) is 11.3 Å². The highest BCUT2D eigenvalue weighted by Gasteiger charge is 2.20. The molecule has 3 aromatic rings. The van der Waals surface area contributed by atoms with Crippen molar-refractivity contribution in [2.75, 3.05) is 0 Å². The van der Waals surface area contributed by atoms with Gasteiger partial charge in [0.1, 0.15) is 7.05 Å². The average molecular weight is 238 g/mol. The first-order chi connectivity index (χ1) is 8.68. The number of hydrogen-bond acceptors (Lipinski definition) is 1. The lowest BCUT2D eigenvalue weighted by atomic mass is 10.0. The van der Waals surface area contributed by atoms with Crippen molar-refractivity contribution in [3.63, 3.8) is 0 Å². The Morgan fingerprint density at radius 3 is 2.56 bits per heavy atom. The smallest absolute Gasteiger partial charge is 0.256 e. The average Bonchev–Trinajstić information content (AvgIpc) is 2.81. The number of rotatable bonds is 1. The van der Waals surface area contributed by atoms with Crippen LogP contribution in [0.15, 0.2) is 47.2 Å². The minimum absolute atomic E-state index is 0.965. The van der Waals surface area contributed by atoms with Gasteiger partial charge in [0.15, 0.2) is 6.20 Å². The number of aromatic nitrogens is 1. The summed E-state index contributed by atoms with van der Waals surface area (Å²) in [7, 11) is 2.07. The number of furan rings is 1. The molecule has 2 aromatic heterocycles. The molecule has 2 heterocycles. The zero-order valence-corrected chi connectivity index (χ0v) is 10.9. The molecule has 0 N–H and O–H groups in total. The van der Waals surface area contributed by atoms with E-state index in [1.165, 1.54) is 22.1 Å². The Morgan fingerprint density at radius 1 is 1.00 bits per heavy atom. The van der Waals surface area contributed by atoms with Gasteiger partial charge in [-0.15, -0.1) is 0 Å². The van der Waals surface area contributed by atoms with E-state index in [1.807, 2.05) is 6.07 Å². The van der Waals surface area contributed by atoms with Crippen LogP contribution in [-0.4, -0.2) is 0 Å². The molecule has 0 aliphatic rings. The van der Waals surface area contributed by atoms with Crippen molar-refractivity contribution in [2.45, 2.75) is 13.8 Å². The normalized spacial score (nSPS) is 11.1. The van der Waals surface area contributed by atoms with Gasteiger partial charge >= 0.3 is 0 Å². The van der Waals surface area contributed by atoms with Crippen LogP contribution in [-0.2, 0) is 7.05 Å². The van der Waals surface area contributed by atoms with E-state index in [4.69, 9.17) is 4.42 Å². The Balaban J connectivity index is 2.43. The van der Waals surface area contributed by atoms with Gasteiger partial charge in [0.25, 0.3) is 5.69 Å². The molecule has 1 aromatic carbocycles. The number of fused-ring (bicyclic) bond motifs is 1. The second-order valence-corrected chi connectivity index (χ2v) is 4.75. The summed E-state index contributed by atoms with van der Waals surface area (Å²) in [5.41, 5.74) is 5.82. The van der Waals surface area contributed by atoms with Gasteiger partial charge in [-0.3, -0.25) is 0 Å². The molecule has 90 valence electrons. The molecular weight excluding hydrogens is 222 g/mol. The van der Waals surface area contributed by atoms with Gasteiger partial charge in [-0.05, 0) is 31.5 Å². The van der Waals surface area contributed by atoms with Crippen LogP contribution in [0.25, 0.3) is 22.2 Å². The summed E-state index contributed by atoms with van der Waals surface area (Å²) in [4.78, 5) is 0. The summed E-state index contributed by atoms with van der Waals surface area (Å²) < 4.78 is 7.84. The second-order valence-electron chi connectivity index (χ2n) is 4.75. The third-order valence-electron chi connectivity index (χ3n) is 3.45. The first-order valence-electron chi connectivity index (χ1n) is 6.11. The quantitative estimate of drug-likeness (QED) is 0.593. The lowest BCUT2D eigenvalue weighted by Gasteiger charge is -2.05. The van der Waals surface area contributed by atoms with Crippen LogP contribution in [0.3, 0.4) is 0 Å². The predicted molar refractivity (Wildman–Crippen MR) is 72.3 cm³/mol. The van der Waals surface area contributed by atoms with Gasteiger partial charge in [0.2, 0.25) is 5.58 Å². The molecule has 0 radical (unpaired) electrons. The van der Waals surface area contributed by atoms with Gasteiger partial charge in [0, 0.05) is 10.9 Å². The molecule has 0 aliphatic carbocycles. The lowest BCUT2D eigenvalue weighted by Crippen LogP contribution is -2.31. The number of benzene rings is 1. The molecule has 0 amide bonds. The zero-order valence-electron chi connectivity index (χ0n) is 10.9. The van der Waals surface area contributed by atoms with E-state index in [9.17, 15) is 0 Å². The fourth-order valence-corrected chi connectivity index (χ4v) is 2.54. The number of aryl methyl sites for hydroxylation is 3. The summed E-state index contributed by atoms with van der Waals surface area (Å²) in [6.45, 7) is 4.24. The maximum Gasteiger partial charge on any atom is 0.256 e. The topological polar surface area (TPSA) is 17.0 Å². The fourth-order valence-electron chi connectivity index (χ4n) is 2.54. The molecule has 0 saturated carbocycles. The third-order valence-corrected chi connectivity index (χ3v) is 3.45. The first-order valence-corrected chi connectivity index (χ1v) is 6.11. The SMILES string of the molecule is Cc1ccccc1-c1c2occc2c(C)c[n+]1C. The van der Waals surface area contributed by atoms with Crippen molar-refractivity contribution in [1.29, 1.82) is 0 Å². The molecule has 0 saturated heterocycles. The van der Waals surface area contributed by atoms with E-state index in [-0.39, 0.29) is 0 Å². The third kappa shape index (κ3) is 1.53. The van der Waals surface area contributed by atoms with Gasteiger partial charge < -0.3 is 4.42 Å². The highest BCUT2D eigenvalue weighted by molar-refractivity contribution is 5.90. The van der Waals surface area contributed by atoms with Crippen LogP contribution >= 0.6 is 0 Å². The molecule has 2 heteroatoms. The molecule has 0 aliphatic heterocycles. The molecule has 0 spiro atoms. The van der Waals surface area contributed by atoms with Crippen molar-refractivity contribution < 1.29 is 8.98 Å². The van der Waals surface area contributed by atoms with E-state index >= 15 is 0 Å². The summed E-state index contributed by atoms with van der Waals surface area (Å²) in [5, 5.41) is 1.19. The number of pyridine rings is 1. The lowest BCUT2D eigenvalue weighted by molar-refractivity contribution is -0.659. The molecular formula is C16H16NO+. The fraction of sp³-hybridized carbons (Fsp3) is 0.188. The van der Waals surface area contributed by atoms with Gasteiger partial charge in [-0.25, -0.2) is 0 Å². The van der Waals surface area contributed by atoms with E-state index in [2.05, 4.69) is 55.9 Å². The molecule has 0 atom stereocenters. The van der Waals surface area contributed by atoms with Crippen LogP contribution in [0, 0.1) is 13.8 Å². The number of nitrogens with zero attached hydrogens (tertiary/aromatic N) is 1. The number of hydrogen-bond donors (Lipinski definition) is 0. The van der Waals surface area contributed by atoms with Crippen LogP contribution in [0.1, 0.15) is 11.1 Å². The van der Waals surface area contributed by atoms with Crippen LogP contribution in [0.5, 0.6) is 0 Å². The molecule has 18 heavy (non-hydrogen) atoms. The Morgan fingerprint density at radius 2 is 1.78 bits per heavy atom.